The predicted molar refractivity (Wildman–Crippen MR) is 281 cm³/mol. The monoisotopic (exact) mass is 1060 g/mol. The third-order valence-electron chi connectivity index (χ3n) is 15.7. The summed E-state index contributed by atoms with van der Waals surface area (Å²) in [6.07, 6.45) is -0.580. The minimum Gasteiger partial charge on any atom is -0.462 e. The van der Waals surface area contributed by atoms with Gasteiger partial charge in [0.05, 0.1) is 43.0 Å². The number of fused-ring (bicyclic) bond motifs is 3. The smallest absolute Gasteiger partial charge is 0.308 e. The molecule has 0 aliphatic carbocycles. The summed E-state index contributed by atoms with van der Waals surface area (Å²) >= 11 is 0. The van der Waals surface area contributed by atoms with Crippen molar-refractivity contribution >= 4 is 34.5 Å². The number of carbonyl (C=O) groups excluding carboxylic acids is 3. The Kier molecular flexibility index (Phi) is 22.0. The maximum atomic E-state index is 14.0. The molecule has 0 radical (unpaired) electrons. The standard InChI is InChI=1S/C54H97NO15Si2/c1-32(2)27-41(57)66-50-36(6)62-44(31-54(50,14)59)67-46-35(5)63-51(49(64-37(7)56)45(46)55(15)16)68-47-38-28-33(3)39(69-71(18,19)52(8,9)10)26-24-22-23-25-34(4)61-42(58)30-40(48(47)60-17)65-43(29-38)70-72(20,21)53(11,12)13/h22-24,26,32-36,38-40,43-51,59H,25,27-31H2,1-21H3/b23-22+,26-24+/t33-,34-,35-,36+,38-,39+,40-,43?,44+,45+,46-,47+,48+,49-,50+,51+,54-/m1/s1. The molecule has 0 aromatic heterocycles. The Bertz CT molecular complexity index is 1830. The van der Waals surface area contributed by atoms with Crippen LogP contribution in [-0.2, 0) is 65.9 Å². The van der Waals surface area contributed by atoms with Crippen LogP contribution in [0.4, 0.5) is 0 Å². The number of nitrogens with zero attached hydrogens (tertiary/aromatic N) is 1. The minimum atomic E-state index is -2.49. The highest BCUT2D eigenvalue weighted by Gasteiger charge is 2.56. The van der Waals surface area contributed by atoms with Gasteiger partial charge in [-0.25, -0.2) is 0 Å². The van der Waals surface area contributed by atoms with Crippen LogP contribution in [0.15, 0.2) is 24.3 Å². The molecule has 3 saturated heterocycles. The number of likely N-dealkylation sites (N-methyl/N-ethyl adjacent to an activating group) is 1. The summed E-state index contributed by atoms with van der Waals surface area (Å²) in [5, 5.41) is 11.5. The van der Waals surface area contributed by atoms with E-state index in [1.54, 1.807) is 21.0 Å². The van der Waals surface area contributed by atoms with Crippen molar-refractivity contribution in [2.45, 2.75) is 263 Å². The van der Waals surface area contributed by atoms with Crippen molar-refractivity contribution in [2.24, 2.45) is 17.8 Å². The summed E-state index contributed by atoms with van der Waals surface area (Å²) in [4.78, 5) is 41.9. The van der Waals surface area contributed by atoms with E-state index >= 15 is 0 Å². The van der Waals surface area contributed by atoms with Crippen molar-refractivity contribution in [3.8, 4) is 0 Å². The first-order valence-electron chi connectivity index (χ1n) is 26.5. The Labute approximate surface area is 435 Å². The molecule has 0 saturated carbocycles. The second-order valence-electron chi connectivity index (χ2n) is 25.1. The average molecular weight is 1060 g/mol. The molecule has 0 aromatic carbocycles. The van der Waals surface area contributed by atoms with Crippen LogP contribution in [0.2, 0.25) is 36.3 Å². The van der Waals surface area contributed by atoms with Gasteiger partial charge in [-0.05, 0) is 102 Å². The van der Waals surface area contributed by atoms with Crippen molar-refractivity contribution in [1.29, 1.82) is 0 Å². The summed E-state index contributed by atoms with van der Waals surface area (Å²) in [5.41, 5.74) is -1.49. The van der Waals surface area contributed by atoms with Gasteiger partial charge in [0.2, 0.25) is 0 Å². The molecule has 1 unspecified atom stereocenters. The van der Waals surface area contributed by atoms with Crippen LogP contribution in [0.25, 0.3) is 0 Å². The van der Waals surface area contributed by atoms with E-state index in [9.17, 15) is 19.5 Å². The normalized spacial score (nSPS) is 38.0. The molecule has 0 spiro atoms. The van der Waals surface area contributed by atoms with Gasteiger partial charge < -0.3 is 61.5 Å². The molecule has 4 heterocycles. The minimum absolute atomic E-state index is 0.0116. The maximum absolute atomic E-state index is 14.0. The van der Waals surface area contributed by atoms with Crippen LogP contribution >= 0.6 is 0 Å². The summed E-state index contributed by atoms with van der Waals surface area (Å²) in [6.45, 7) is 36.6. The second-order valence-corrected chi connectivity index (χ2v) is 34.6. The molecule has 0 amide bonds. The van der Waals surface area contributed by atoms with E-state index in [1.165, 1.54) is 6.92 Å². The van der Waals surface area contributed by atoms with E-state index in [4.69, 9.17) is 51.5 Å². The molecule has 17 atom stereocenters. The van der Waals surface area contributed by atoms with Crippen LogP contribution in [0, 0.1) is 17.8 Å². The highest BCUT2D eigenvalue weighted by Crippen LogP contribution is 2.45. The number of esters is 3. The van der Waals surface area contributed by atoms with Gasteiger partial charge in [-0.3, -0.25) is 14.4 Å². The summed E-state index contributed by atoms with van der Waals surface area (Å²) < 4.78 is 73.2. The lowest BCUT2D eigenvalue weighted by molar-refractivity contribution is -0.344. The van der Waals surface area contributed by atoms with Gasteiger partial charge in [-0.15, -0.1) is 0 Å². The quantitative estimate of drug-likeness (QED) is 0.0989. The zero-order chi connectivity index (χ0) is 54.5. The largest absolute Gasteiger partial charge is 0.462 e. The molecule has 4 aliphatic heterocycles. The molecule has 2 bridgehead atoms. The van der Waals surface area contributed by atoms with E-state index in [1.807, 2.05) is 64.9 Å². The topological polar surface area (TPSA) is 176 Å². The third-order valence-corrected chi connectivity index (χ3v) is 24.7. The number of carbonyl (C=O) groups is 3. The lowest BCUT2D eigenvalue weighted by Crippen LogP contribution is -2.66. The molecule has 4 aliphatic rings. The van der Waals surface area contributed by atoms with Gasteiger partial charge in [-0.2, -0.15) is 0 Å². The van der Waals surface area contributed by atoms with Gasteiger partial charge in [0.15, 0.2) is 41.4 Å². The fraction of sp³-hybridized carbons (Fsp3) is 0.870. The first-order chi connectivity index (χ1) is 33.1. The Morgan fingerprint density at radius 3 is 2.01 bits per heavy atom. The second kappa shape index (κ2) is 25.4. The Morgan fingerprint density at radius 2 is 1.46 bits per heavy atom. The van der Waals surface area contributed by atoms with Gasteiger partial charge >= 0.3 is 17.9 Å². The highest BCUT2D eigenvalue weighted by atomic mass is 28.4. The fourth-order valence-corrected chi connectivity index (χ4v) is 12.3. The van der Waals surface area contributed by atoms with Crippen molar-refractivity contribution in [3.05, 3.63) is 24.3 Å². The maximum Gasteiger partial charge on any atom is 0.308 e. The first-order valence-corrected chi connectivity index (χ1v) is 32.3. The molecule has 72 heavy (non-hydrogen) atoms. The highest BCUT2D eigenvalue weighted by molar-refractivity contribution is 6.74. The number of hydrogen-bond acceptors (Lipinski definition) is 16. The third kappa shape index (κ3) is 16.7. The Morgan fingerprint density at radius 1 is 0.833 bits per heavy atom. The number of ether oxygens (including phenoxy) is 9. The molecule has 3 fully saturated rings. The number of methoxy groups -OCH3 is 1. The van der Waals surface area contributed by atoms with Crippen LogP contribution < -0.4 is 0 Å². The molecule has 0 aromatic rings. The van der Waals surface area contributed by atoms with Crippen LogP contribution in [0.5, 0.6) is 0 Å². The van der Waals surface area contributed by atoms with Crippen LogP contribution in [0.1, 0.15) is 135 Å². The Hall–Kier alpha value is -2.08. The van der Waals surface area contributed by atoms with E-state index in [0.29, 0.717) is 19.3 Å². The van der Waals surface area contributed by atoms with Gasteiger partial charge in [-0.1, -0.05) is 86.6 Å². The first kappa shape index (κ1) is 62.5. The number of cyclic esters (lactones) is 1. The van der Waals surface area contributed by atoms with Gasteiger partial charge in [0.1, 0.15) is 30.2 Å². The van der Waals surface area contributed by atoms with E-state index in [0.717, 1.165) is 0 Å². The zero-order valence-corrected chi connectivity index (χ0v) is 50.0. The number of hydrogen-bond donors (Lipinski definition) is 1. The van der Waals surface area contributed by atoms with Crippen molar-refractivity contribution in [2.75, 3.05) is 21.2 Å². The zero-order valence-electron chi connectivity index (χ0n) is 48.0. The summed E-state index contributed by atoms with van der Waals surface area (Å²) in [6, 6.07) is -0.665. The Balaban J connectivity index is 1.84. The predicted octanol–water partition coefficient (Wildman–Crippen LogP) is 9.23. The average Bonchev–Trinajstić information content (AvgIpc) is 3.32. The number of rotatable bonds is 14. The van der Waals surface area contributed by atoms with Crippen molar-refractivity contribution in [3.63, 3.8) is 0 Å². The van der Waals surface area contributed by atoms with Crippen LogP contribution in [-0.4, -0.2) is 157 Å². The van der Waals surface area contributed by atoms with E-state index < -0.39 is 120 Å². The lowest BCUT2D eigenvalue weighted by Gasteiger charge is -2.51. The van der Waals surface area contributed by atoms with E-state index in [-0.39, 0.29) is 53.2 Å². The molecule has 18 heteroatoms. The SMILES string of the molecule is CO[C@@H]1[C@@H](O[C@@H]2O[C@H](C)[C@@H](O[C@H]3C[C@@](C)(O)[C@@H](OC(=O)CC(C)C)[C@H](C)O3)[C@H](N(C)C)[C@H]2OC(C)=O)[C@H]2CC(O[Si](C)(C)C(C)(C)C)O[C@@H]1CC(=O)O[C@H](C)C/C=C/C=C/[C@H](O[Si](C)(C)C(C)(C)C)[C@H](C)C2. The van der Waals surface area contributed by atoms with Gasteiger partial charge in [0, 0.05) is 39.7 Å². The fourth-order valence-electron chi connectivity index (χ4n) is 9.79. The van der Waals surface area contributed by atoms with Crippen LogP contribution in [0.3, 0.4) is 0 Å². The van der Waals surface area contributed by atoms with Gasteiger partial charge in [0.25, 0.3) is 0 Å². The molecule has 416 valence electrons. The number of aliphatic hydroxyl groups is 1. The lowest BCUT2D eigenvalue weighted by atomic mass is 9.83. The molecular weight excluding hydrogens is 959 g/mol. The van der Waals surface area contributed by atoms with E-state index in [2.05, 4.69) is 80.7 Å². The summed E-state index contributed by atoms with van der Waals surface area (Å²) in [5.74, 6) is -1.74. The molecular formula is C54H97NO15Si2. The molecule has 16 nitrogen and oxygen atoms in total. The summed E-state index contributed by atoms with van der Waals surface area (Å²) in [7, 11) is 0.523. The van der Waals surface area contributed by atoms with Crippen molar-refractivity contribution in [1.82, 2.24) is 4.90 Å². The van der Waals surface area contributed by atoms with Crippen molar-refractivity contribution < 1.29 is 71.0 Å². The molecule has 4 rings (SSSR count). The number of allylic oxidation sites excluding steroid dienone is 2. The molecule has 1 N–H and O–H groups in total.